The molecule has 0 aliphatic heterocycles. The van der Waals surface area contributed by atoms with Crippen LogP contribution in [0.5, 0.6) is 0 Å². The molecule has 0 aliphatic rings. The van der Waals surface area contributed by atoms with Crippen LogP contribution in [0, 0.1) is 0 Å². The summed E-state index contributed by atoms with van der Waals surface area (Å²) in [7, 11) is 0. The second-order valence-corrected chi connectivity index (χ2v) is 3.78. The molecule has 1 heterocycles. The molecule has 86 valence electrons. The number of aliphatic carboxylic acids is 1. The maximum absolute atomic E-state index is 11.3. The first-order valence-corrected chi connectivity index (χ1v) is 4.95. The van der Waals surface area contributed by atoms with Crippen LogP contribution in [-0.2, 0) is 4.79 Å². The Morgan fingerprint density at radius 2 is 1.76 bits per heavy atom. The number of hydrogen-bond acceptors (Lipinski definition) is 6. The van der Waals surface area contributed by atoms with Gasteiger partial charge < -0.3 is 15.2 Å². The summed E-state index contributed by atoms with van der Waals surface area (Å²) in [4.78, 5) is 33.0. The van der Waals surface area contributed by atoms with Crippen LogP contribution >= 0.6 is 11.3 Å². The van der Waals surface area contributed by atoms with Crippen LogP contribution in [0.3, 0.4) is 0 Å². The van der Waals surface area contributed by atoms with Gasteiger partial charge in [0.15, 0.2) is 0 Å². The summed E-state index contributed by atoms with van der Waals surface area (Å²) in [6.07, 6.45) is 0. The maximum Gasteiger partial charge on any atom is 1.00 e. The summed E-state index contributed by atoms with van der Waals surface area (Å²) >= 11 is 0.908. The molecule has 0 bridgehead atoms. The largest absolute Gasteiger partial charge is 1.00 e. The van der Waals surface area contributed by atoms with E-state index in [-0.39, 0.29) is 61.1 Å². The molecular weight excluding hydrogens is 273 g/mol. The van der Waals surface area contributed by atoms with Crippen molar-refractivity contribution in [2.45, 2.75) is 0 Å². The van der Waals surface area contributed by atoms with Crippen molar-refractivity contribution in [3.8, 4) is 0 Å². The second-order valence-electron chi connectivity index (χ2n) is 2.69. The summed E-state index contributed by atoms with van der Waals surface area (Å²) in [5.41, 5.74) is 1.92. The normalized spacial score (nSPS) is 9.00. The summed E-state index contributed by atoms with van der Waals surface area (Å²) in [5, 5.41) is 12.2. The van der Waals surface area contributed by atoms with Gasteiger partial charge in [-0.1, -0.05) is 0 Å². The molecule has 1 aromatic rings. The van der Waals surface area contributed by atoms with Crippen LogP contribution < -0.4 is 73.1 Å². The van der Waals surface area contributed by atoms with Gasteiger partial charge >= 0.3 is 51.4 Å². The first kappa shape index (κ1) is 16.7. The van der Waals surface area contributed by atoms with E-state index in [0.717, 1.165) is 11.3 Å². The van der Waals surface area contributed by atoms with Crippen LogP contribution in [0.15, 0.2) is 12.1 Å². The van der Waals surface area contributed by atoms with Crippen LogP contribution in [0.25, 0.3) is 0 Å². The third kappa shape index (κ3) is 5.25. The molecule has 0 unspecified atom stereocenters. The summed E-state index contributed by atoms with van der Waals surface area (Å²) in [6.45, 7) is -0.574. The van der Waals surface area contributed by atoms with Gasteiger partial charge in [0, 0.05) is 0 Å². The van der Waals surface area contributed by atoms with Crippen LogP contribution in [0.2, 0.25) is 0 Å². The predicted molar refractivity (Wildman–Crippen MR) is 53.3 cm³/mol. The third-order valence-electron chi connectivity index (χ3n) is 1.58. The zero-order valence-electron chi connectivity index (χ0n) is 8.98. The molecule has 1 aromatic heterocycles. The number of amides is 2. The SMILES string of the molecule is NNC(=O)c1ccc(C(=O)NCC(=O)[O-])s1.[K+]. The molecule has 4 N–H and O–H groups in total. The summed E-state index contributed by atoms with van der Waals surface area (Å²) in [5.74, 6) is 2.44. The van der Waals surface area contributed by atoms with Crippen molar-refractivity contribution in [2.24, 2.45) is 5.84 Å². The fourth-order valence-electron chi connectivity index (χ4n) is 0.893. The van der Waals surface area contributed by atoms with Crippen LogP contribution in [0.4, 0.5) is 0 Å². The second kappa shape index (κ2) is 7.92. The van der Waals surface area contributed by atoms with Gasteiger partial charge in [0.25, 0.3) is 11.8 Å². The fraction of sp³-hybridized carbons (Fsp3) is 0.125. The Bertz CT molecular complexity index is 434. The van der Waals surface area contributed by atoms with Crippen molar-refractivity contribution in [3.63, 3.8) is 0 Å². The van der Waals surface area contributed by atoms with E-state index in [1.54, 1.807) is 0 Å². The number of thiophene rings is 1. The third-order valence-corrected chi connectivity index (χ3v) is 2.66. The first-order valence-electron chi connectivity index (χ1n) is 4.13. The molecule has 2 amide bonds. The van der Waals surface area contributed by atoms with E-state index in [9.17, 15) is 19.5 Å². The standard InChI is InChI=1S/C8H9N3O4S.K/c9-11-8(15)5-2-1-4(16-5)7(14)10-3-6(12)13;/h1-2H,3,9H2,(H,10,14)(H,11,15)(H,12,13);/q;+1/p-1. The molecule has 1 rings (SSSR count). The molecule has 0 aromatic carbocycles. The van der Waals surface area contributed by atoms with Gasteiger partial charge in [-0.15, -0.1) is 11.3 Å². The molecule has 0 spiro atoms. The van der Waals surface area contributed by atoms with E-state index in [1.807, 2.05) is 5.43 Å². The van der Waals surface area contributed by atoms with Crippen molar-refractivity contribution in [1.29, 1.82) is 0 Å². The van der Waals surface area contributed by atoms with E-state index in [1.165, 1.54) is 12.1 Å². The maximum atomic E-state index is 11.3. The number of nitrogens with one attached hydrogen (secondary N) is 2. The topological polar surface area (TPSA) is 124 Å². The molecular formula is C8H8KN3O4S. The quantitative estimate of drug-likeness (QED) is 0.220. The van der Waals surface area contributed by atoms with Crippen LogP contribution in [-0.4, -0.2) is 24.3 Å². The number of nitrogens with two attached hydrogens (primary N) is 1. The Morgan fingerprint density at radius 3 is 2.24 bits per heavy atom. The number of rotatable bonds is 4. The van der Waals surface area contributed by atoms with Crippen molar-refractivity contribution < 1.29 is 70.9 Å². The summed E-state index contributed by atoms with van der Waals surface area (Å²) in [6, 6.07) is 2.82. The van der Waals surface area contributed by atoms with Gasteiger partial charge in [-0.25, -0.2) is 5.84 Å². The Morgan fingerprint density at radius 1 is 1.24 bits per heavy atom. The minimum absolute atomic E-state index is 0. The van der Waals surface area contributed by atoms with E-state index < -0.39 is 24.3 Å². The average molecular weight is 281 g/mol. The monoisotopic (exact) mass is 281 g/mol. The number of nitrogen functional groups attached to an aromatic ring is 1. The molecule has 0 atom stereocenters. The van der Waals surface area contributed by atoms with E-state index >= 15 is 0 Å². The number of hydrazine groups is 1. The first-order chi connectivity index (χ1) is 7.54. The summed E-state index contributed by atoms with van der Waals surface area (Å²) < 4.78 is 0. The number of carbonyl (C=O) groups excluding carboxylic acids is 3. The zero-order chi connectivity index (χ0) is 12.1. The average Bonchev–Trinajstić information content (AvgIpc) is 2.74. The molecule has 0 saturated carbocycles. The Labute approximate surface area is 143 Å². The van der Waals surface area contributed by atoms with Crippen molar-refractivity contribution in [3.05, 3.63) is 21.9 Å². The zero-order valence-corrected chi connectivity index (χ0v) is 12.9. The van der Waals surface area contributed by atoms with Gasteiger partial charge in [0.1, 0.15) is 0 Å². The van der Waals surface area contributed by atoms with Gasteiger partial charge in [0.05, 0.1) is 22.3 Å². The smallest absolute Gasteiger partial charge is 0.548 e. The number of carbonyl (C=O) groups is 3. The van der Waals surface area contributed by atoms with Gasteiger partial charge in [-0.3, -0.25) is 15.0 Å². The number of hydrogen-bond donors (Lipinski definition) is 3. The molecule has 9 heteroatoms. The van der Waals surface area contributed by atoms with Crippen molar-refractivity contribution >= 4 is 29.1 Å². The number of carboxylic acids is 1. The van der Waals surface area contributed by atoms with Crippen molar-refractivity contribution in [2.75, 3.05) is 6.54 Å². The van der Waals surface area contributed by atoms with Gasteiger partial charge in [-0.2, -0.15) is 0 Å². The Kier molecular flexibility index (Phi) is 7.79. The number of carboxylic acid groups (broad SMARTS) is 1. The fourth-order valence-corrected chi connectivity index (χ4v) is 1.72. The Balaban J connectivity index is 0.00000256. The van der Waals surface area contributed by atoms with E-state index in [0.29, 0.717) is 0 Å². The molecule has 0 saturated heterocycles. The minimum Gasteiger partial charge on any atom is -0.548 e. The van der Waals surface area contributed by atoms with Gasteiger partial charge in [-0.05, 0) is 12.1 Å². The predicted octanol–water partition coefficient (Wildman–Crippen LogP) is -5.16. The Hall–Kier alpha value is -0.294. The van der Waals surface area contributed by atoms with Crippen LogP contribution in [0.1, 0.15) is 19.3 Å². The molecule has 0 aliphatic carbocycles. The van der Waals surface area contributed by atoms with Gasteiger partial charge in [0.2, 0.25) is 0 Å². The van der Waals surface area contributed by atoms with E-state index in [4.69, 9.17) is 5.84 Å². The molecule has 17 heavy (non-hydrogen) atoms. The molecule has 0 radical (unpaired) electrons. The van der Waals surface area contributed by atoms with Crippen molar-refractivity contribution in [1.82, 2.24) is 10.7 Å². The molecule has 7 nitrogen and oxygen atoms in total. The minimum atomic E-state index is -1.38. The van der Waals surface area contributed by atoms with E-state index in [2.05, 4.69) is 5.32 Å². The molecule has 0 fully saturated rings.